The molecule has 0 spiro atoms. The Morgan fingerprint density at radius 3 is 2.11 bits per heavy atom. The molecule has 0 aromatic heterocycles. The Morgan fingerprint density at radius 2 is 1.51 bits per heavy atom. The van der Waals surface area contributed by atoms with Gasteiger partial charge in [-0.2, -0.15) is 12.7 Å². The van der Waals surface area contributed by atoms with Crippen LogP contribution < -0.4 is 0 Å². The normalized spacial score (nSPS) is 22.4. The van der Waals surface area contributed by atoms with Crippen LogP contribution in [0.3, 0.4) is 0 Å². The second kappa shape index (κ2) is 10.4. The lowest BCUT2D eigenvalue weighted by Gasteiger charge is -2.28. The van der Waals surface area contributed by atoms with E-state index in [4.69, 9.17) is 0 Å². The van der Waals surface area contributed by atoms with Crippen LogP contribution in [0.5, 0.6) is 0 Å². The highest BCUT2D eigenvalue weighted by atomic mass is 32.2. The first-order valence-corrected chi connectivity index (χ1v) is 14.4. The van der Waals surface area contributed by atoms with Gasteiger partial charge < -0.3 is 0 Å². The Bertz CT molecular complexity index is 1370. The minimum Gasteiger partial charge on any atom is -0.273 e. The standard InChI is InChI=1S/C30H35N3O3S/c1-22-17-23(2)28(24(3)18-22)20-32-21-31(19-27-15-10-16-33(27)37(34,35)36)29(25-11-6-4-7-12-25)30(32)26-13-8-5-9-14-26/h4-9,11-14,17-18,21,27,29-30H,10,15-16,19-20H2,1-3H3/p+1/t27-,29+,30+/m0/s1. The van der Waals surface area contributed by atoms with Crippen molar-refractivity contribution in [3.05, 3.63) is 106 Å². The van der Waals surface area contributed by atoms with Crippen LogP contribution in [0.4, 0.5) is 0 Å². The van der Waals surface area contributed by atoms with Gasteiger partial charge in [0.1, 0.15) is 13.1 Å². The van der Waals surface area contributed by atoms with E-state index < -0.39 is 10.3 Å². The van der Waals surface area contributed by atoms with Crippen LogP contribution in [0.1, 0.15) is 58.3 Å². The summed E-state index contributed by atoms with van der Waals surface area (Å²) < 4.78 is 37.7. The number of aryl methyl sites for hydroxylation is 3. The number of hydrogen-bond donors (Lipinski definition) is 1. The van der Waals surface area contributed by atoms with E-state index in [0.717, 1.165) is 19.4 Å². The van der Waals surface area contributed by atoms with Crippen LogP contribution in [-0.4, -0.2) is 52.2 Å². The second-order valence-electron chi connectivity index (χ2n) is 10.5. The van der Waals surface area contributed by atoms with E-state index in [1.54, 1.807) is 0 Å². The predicted molar refractivity (Wildman–Crippen MR) is 147 cm³/mol. The summed E-state index contributed by atoms with van der Waals surface area (Å²) in [5.74, 6) is 0. The van der Waals surface area contributed by atoms with Crippen LogP contribution in [0.25, 0.3) is 0 Å². The quantitative estimate of drug-likeness (QED) is 0.344. The zero-order valence-corrected chi connectivity index (χ0v) is 22.6. The van der Waals surface area contributed by atoms with Gasteiger partial charge in [-0.05, 0) is 50.3 Å². The molecular formula is C30H36N3O3S+. The zero-order valence-electron chi connectivity index (χ0n) is 21.8. The average molecular weight is 519 g/mol. The molecule has 3 atom stereocenters. The van der Waals surface area contributed by atoms with Crippen LogP contribution in [0.15, 0.2) is 72.8 Å². The van der Waals surface area contributed by atoms with Crippen molar-refractivity contribution in [3.63, 3.8) is 0 Å². The van der Waals surface area contributed by atoms with Crippen molar-refractivity contribution in [3.8, 4) is 0 Å². The number of rotatable bonds is 7. The van der Waals surface area contributed by atoms with Gasteiger partial charge in [0.05, 0.1) is 6.04 Å². The van der Waals surface area contributed by atoms with Crippen LogP contribution >= 0.6 is 0 Å². The summed E-state index contributed by atoms with van der Waals surface area (Å²) >= 11 is 0. The molecule has 2 aliphatic heterocycles. The van der Waals surface area contributed by atoms with Gasteiger partial charge in [-0.15, -0.1) is 0 Å². The first kappa shape index (κ1) is 25.6. The number of benzene rings is 3. The fraction of sp³-hybridized carbons (Fsp3) is 0.367. The van der Waals surface area contributed by atoms with Crippen molar-refractivity contribution in [2.45, 2.75) is 58.3 Å². The molecule has 2 heterocycles. The van der Waals surface area contributed by atoms with Crippen molar-refractivity contribution in [2.75, 3.05) is 13.1 Å². The largest absolute Gasteiger partial charge is 0.336 e. The molecule has 3 aromatic carbocycles. The summed E-state index contributed by atoms with van der Waals surface area (Å²) in [6, 6.07) is 25.3. The third-order valence-electron chi connectivity index (χ3n) is 7.81. The highest BCUT2D eigenvalue weighted by Gasteiger charge is 2.46. The van der Waals surface area contributed by atoms with Gasteiger partial charge in [0.25, 0.3) is 0 Å². The van der Waals surface area contributed by atoms with E-state index >= 15 is 0 Å². The smallest absolute Gasteiger partial charge is 0.273 e. The molecule has 1 fully saturated rings. The predicted octanol–water partition coefficient (Wildman–Crippen LogP) is 5.22. The first-order valence-electron chi connectivity index (χ1n) is 13.0. The van der Waals surface area contributed by atoms with Gasteiger partial charge in [-0.1, -0.05) is 78.4 Å². The molecule has 5 rings (SSSR count). The topological polar surface area (TPSA) is 63.9 Å². The highest BCUT2D eigenvalue weighted by Crippen LogP contribution is 2.41. The third kappa shape index (κ3) is 5.35. The van der Waals surface area contributed by atoms with E-state index in [-0.39, 0.29) is 18.1 Å². The Kier molecular flexibility index (Phi) is 7.21. The van der Waals surface area contributed by atoms with Crippen LogP contribution in [-0.2, 0) is 16.8 Å². The van der Waals surface area contributed by atoms with E-state index in [1.165, 1.54) is 37.7 Å². The highest BCUT2D eigenvalue weighted by molar-refractivity contribution is 7.83. The monoisotopic (exact) mass is 518 g/mol. The first-order chi connectivity index (χ1) is 17.7. The summed E-state index contributed by atoms with van der Waals surface area (Å²) in [4.78, 5) is 2.29. The second-order valence-corrected chi connectivity index (χ2v) is 11.8. The molecule has 0 amide bonds. The molecule has 0 aliphatic carbocycles. The van der Waals surface area contributed by atoms with Crippen molar-refractivity contribution >= 4 is 16.6 Å². The summed E-state index contributed by atoms with van der Waals surface area (Å²) in [7, 11) is -4.24. The lowest BCUT2D eigenvalue weighted by molar-refractivity contribution is -0.578. The molecule has 2 aliphatic rings. The van der Waals surface area contributed by atoms with Gasteiger partial charge in [0.15, 0.2) is 12.1 Å². The average Bonchev–Trinajstić information content (AvgIpc) is 3.47. The summed E-state index contributed by atoms with van der Waals surface area (Å²) in [6.07, 6.45) is 3.67. The van der Waals surface area contributed by atoms with Gasteiger partial charge in [0, 0.05) is 17.7 Å². The van der Waals surface area contributed by atoms with Crippen molar-refractivity contribution in [1.82, 2.24) is 9.21 Å². The third-order valence-corrected chi connectivity index (χ3v) is 8.89. The lowest BCUT2D eigenvalue weighted by Crippen LogP contribution is -2.43. The Morgan fingerprint density at radius 1 is 0.919 bits per heavy atom. The fourth-order valence-corrected chi connectivity index (χ4v) is 7.13. The molecule has 1 N–H and O–H groups in total. The Hall–Kier alpha value is -3.00. The maximum atomic E-state index is 12.1. The number of hydrogen-bond acceptors (Lipinski definition) is 3. The maximum Gasteiger partial charge on any atom is 0.336 e. The summed E-state index contributed by atoms with van der Waals surface area (Å²) in [6.45, 7) is 8.13. The summed E-state index contributed by atoms with van der Waals surface area (Å²) in [5.41, 5.74) is 7.54. The van der Waals surface area contributed by atoms with Crippen molar-refractivity contribution in [1.29, 1.82) is 0 Å². The Labute approximate surface area is 220 Å². The fourth-order valence-electron chi connectivity index (χ4n) is 6.23. The Balaban J connectivity index is 1.59. The zero-order chi connectivity index (χ0) is 26.2. The van der Waals surface area contributed by atoms with E-state index in [9.17, 15) is 13.0 Å². The molecule has 0 radical (unpaired) electrons. The molecule has 3 aromatic rings. The molecular weight excluding hydrogens is 482 g/mol. The van der Waals surface area contributed by atoms with Crippen molar-refractivity contribution in [2.24, 2.45) is 0 Å². The van der Waals surface area contributed by atoms with Gasteiger partial charge in [-0.25, -0.2) is 0 Å². The molecule has 1 saturated heterocycles. The summed E-state index contributed by atoms with van der Waals surface area (Å²) in [5, 5.41) is 0. The van der Waals surface area contributed by atoms with E-state index in [1.807, 2.05) is 12.1 Å². The van der Waals surface area contributed by atoms with Gasteiger partial charge in [-0.3, -0.25) is 14.0 Å². The molecule has 37 heavy (non-hydrogen) atoms. The van der Waals surface area contributed by atoms with Crippen molar-refractivity contribution < 1.29 is 17.5 Å². The van der Waals surface area contributed by atoms with Crippen LogP contribution in [0, 0.1) is 20.8 Å². The maximum absolute atomic E-state index is 12.1. The minimum atomic E-state index is -4.24. The molecule has 6 nitrogen and oxygen atoms in total. The molecule has 7 heteroatoms. The molecule has 0 unspecified atom stereocenters. The number of nitrogens with zero attached hydrogens (tertiary/aromatic N) is 3. The lowest BCUT2D eigenvalue weighted by atomic mass is 9.92. The minimum absolute atomic E-state index is 0.00138. The van der Waals surface area contributed by atoms with Crippen LogP contribution in [0.2, 0.25) is 0 Å². The van der Waals surface area contributed by atoms with E-state index in [2.05, 4.69) is 97.2 Å². The molecule has 0 bridgehead atoms. The molecule has 194 valence electrons. The molecule has 0 saturated carbocycles. The van der Waals surface area contributed by atoms with Gasteiger partial charge in [0.2, 0.25) is 6.34 Å². The SMILES string of the molecule is Cc1cc(C)c(C[N+]2=CN(C[C@@H]3CCCN3S(=O)(=O)O)[C@H](c3ccccc3)[C@H]2c2ccccc2)c(C)c1. The van der Waals surface area contributed by atoms with Gasteiger partial charge >= 0.3 is 10.3 Å². The van der Waals surface area contributed by atoms with E-state index in [0.29, 0.717) is 13.1 Å².